The Labute approximate surface area is 108 Å². The summed E-state index contributed by atoms with van der Waals surface area (Å²) in [6.45, 7) is 1.84. The van der Waals surface area contributed by atoms with Gasteiger partial charge in [0.25, 0.3) is 5.91 Å². The number of benzene rings is 1. The Balaban J connectivity index is 2.28. The molecular weight excluding hydrogens is 252 g/mol. The molecule has 3 N–H and O–H groups in total. The van der Waals surface area contributed by atoms with E-state index < -0.39 is 17.5 Å². The number of hydrogen-bond donors (Lipinski definition) is 2. The number of aromatic nitrogens is 1. The van der Waals surface area contributed by atoms with Gasteiger partial charge in [0.15, 0.2) is 11.6 Å². The number of nitrogens with one attached hydrogen (secondary N) is 1. The molecule has 1 aromatic carbocycles. The van der Waals surface area contributed by atoms with Crippen LogP contribution in [-0.4, -0.2) is 10.9 Å². The lowest BCUT2D eigenvalue weighted by Gasteiger charge is -2.08. The summed E-state index contributed by atoms with van der Waals surface area (Å²) < 4.78 is 26.0. The van der Waals surface area contributed by atoms with E-state index in [-0.39, 0.29) is 11.3 Å². The minimum Gasteiger partial charge on any atom is -0.398 e. The lowest BCUT2D eigenvalue weighted by Crippen LogP contribution is -2.15. The summed E-state index contributed by atoms with van der Waals surface area (Å²) in [7, 11) is 0. The zero-order valence-corrected chi connectivity index (χ0v) is 10.1. The number of nitrogens with zero attached hydrogens (tertiary/aromatic N) is 1. The molecule has 0 aliphatic heterocycles. The van der Waals surface area contributed by atoms with E-state index in [2.05, 4.69) is 10.3 Å². The SMILES string of the molecule is Cc1ccnc(NC(=O)c2cc(F)c(F)cc2N)c1. The lowest BCUT2D eigenvalue weighted by atomic mass is 10.1. The molecule has 0 aliphatic carbocycles. The number of halogens is 2. The van der Waals surface area contributed by atoms with Gasteiger partial charge < -0.3 is 11.1 Å². The summed E-state index contributed by atoms with van der Waals surface area (Å²) in [6, 6.07) is 4.94. The van der Waals surface area contributed by atoms with Gasteiger partial charge in [0.05, 0.1) is 5.56 Å². The number of nitrogens with two attached hydrogens (primary N) is 1. The maximum Gasteiger partial charge on any atom is 0.259 e. The summed E-state index contributed by atoms with van der Waals surface area (Å²) >= 11 is 0. The number of hydrogen-bond acceptors (Lipinski definition) is 3. The highest BCUT2D eigenvalue weighted by molar-refractivity contribution is 6.07. The van der Waals surface area contributed by atoms with Crippen molar-refractivity contribution in [3.05, 3.63) is 53.2 Å². The van der Waals surface area contributed by atoms with E-state index in [0.717, 1.165) is 17.7 Å². The molecule has 19 heavy (non-hydrogen) atoms. The van der Waals surface area contributed by atoms with Gasteiger partial charge in [0.1, 0.15) is 5.82 Å². The first-order valence-corrected chi connectivity index (χ1v) is 5.46. The first-order chi connectivity index (χ1) is 8.97. The second-order valence-electron chi connectivity index (χ2n) is 4.03. The lowest BCUT2D eigenvalue weighted by molar-refractivity contribution is 0.102. The van der Waals surface area contributed by atoms with Crippen LogP contribution >= 0.6 is 0 Å². The van der Waals surface area contributed by atoms with Gasteiger partial charge in [-0.1, -0.05) is 0 Å². The summed E-state index contributed by atoms with van der Waals surface area (Å²) in [5.41, 5.74) is 6.12. The normalized spacial score (nSPS) is 10.3. The third-order valence-electron chi connectivity index (χ3n) is 2.49. The minimum atomic E-state index is -1.13. The van der Waals surface area contributed by atoms with Gasteiger partial charge in [-0.15, -0.1) is 0 Å². The average molecular weight is 263 g/mol. The molecule has 0 saturated carbocycles. The maximum atomic E-state index is 13.1. The van der Waals surface area contributed by atoms with Crippen molar-refractivity contribution in [1.29, 1.82) is 0 Å². The second kappa shape index (κ2) is 5.01. The van der Waals surface area contributed by atoms with E-state index in [9.17, 15) is 13.6 Å². The molecule has 0 radical (unpaired) electrons. The maximum absolute atomic E-state index is 13.1. The number of carbonyl (C=O) groups excluding carboxylic acids is 1. The Bertz CT molecular complexity index is 644. The summed E-state index contributed by atoms with van der Waals surface area (Å²) in [5.74, 6) is -2.55. The summed E-state index contributed by atoms with van der Waals surface area (Å²) in [4.78, 5) is 15.8. The molecule has 2 rings (SSSR count). The van der Waals surface area contributed by atoms with Crippen molar-refractivity contribution in [3.8, 4) is 0 Å². The van der Waals surface area contributed by atoms with Crippen molar-refractivity contribution >= 4 is 17.4 Å². The second-order valence-corrected chi connectivity index (χ2v) is 4.03. The number of amides is 1. The molecule has 4 nitrogen and oxygen atoms in total. The molecule has 0 bridgehead atoms. The van der Waals surface area contributed by atoms with E-state index in [1.807, 2.05) is 6.92 Å². The molecule has 0 aliphatic rings. The Morgan fingerprint density at radius 2 is 1.95 bits per heavy atom. The first-order valence-electron chi connectivity index (χ1n) is 5.46. The van der Waals surface area contributed by atoms with E-state index in [1.165, 1.54) is 6.20 Å². The number of aryl methyl sites for hydroxylation is 1. The zero-order valence-electron chi connectivity index (χ0n) is 10.1. The highest BCUT2D eigenvalue weighted by Crippen LogP contribution is 2.18. The average Bonchev–Trinajstić information content (AvgIpc) is 2.33. The van der Waals surface area contributed by atoms with Crippen LogP contribution in [0, 0.1) is 18.6 Å². The Morgan fingerprint density at radius 3 is 2.63 bits per heavy atom. The summed E-state index contributed by atoms with van der Waals surface area (Å²) in [6.07, 6.45) is 1.53. The Kier molecular flexibility index (Phi) is 3.41. The number of nitrogen functional groups attached to an aromatic ring is 1. The van der Waals surface area contributed by atoms with Crippen molar-refractivity contribution in [2.45, 2.75) is 6.92 Å². The number of carbonyl (C=O) groups is 1. The largest absolute Gasteiger partial charge is 0.398 e. The van der Waals surface area contributed by atoms with Crippen LogP contribution < -0.4 is 11.1 Å². The minimum absolute atomic E-state index is 0.135. The highest BCUT2D eigenvalue weighted by Gasteiger charge is 2.14. The van der Waals surface area contributed by atoms with Crippen LogP contribution in [0.2, 0.25) is 0 Å². The molecule has 98 valence electrons. The van der Waals surface area contributed by atoms with Gasteiger partial charge in [-0.2, -0.15) is 0 Å². The standard InChI is InChI=1S/C13H11F2N3O/c1-7-2-3-17-12(4-7)18-13(19)8-5-9(14)10(15)6-11(8)16/h2-6H,16H2,1H3,(H,17,18,19). The van der Waals surface area contributed by atoms with Crippen LogP contribution in [0.1, 0.15) is 15.9 Å². The molecule has 0 saturated heterocycles. The fraction of sp³-hybridized carbons (Fsp3) is 0.0769. The van der Waals surface area contributed by atoms with Gasteiger partial charge in [0, 0.05) is 18.0 Å². The van der Waals surface area contributed by atoms with Crippen LogP contribution in [0.25, 0.3) is 0 Å². The van der Waals surface area contributed by atoms with Gasteiger partial charge in [0.2, 0.25) is 0 Å². The molecule has 1 amide bonds. The van der Waals surface area contributed by atoms with Crippen molar-refractivity contribution < 1.29 is 13.6 Å². The molecule has 0 unspecified atom stereocenters. The van der Waals surface area contributed by atoms with Crippen molar-refractivity contribution in [1.82, 2.24) is 4.98 Å². The van der Waals surface area contributed by atoms with E-state index in [4.69, 9.17) is 5.73 Å². The van der Waals surface area contributed by atoms with E-state index >= 15 is 0 Å². The molecular formula is C13H11F2N3O. The van der Waals surface area contributed by atoms with Crippen LogP contribution in [0.3, 0.4) is 0 Å². The summed E-state index contributed by atoms with van der Waals surface area (Å²) in [5, 5.41) is 2.47. The number of pyridine rings is 1. The smallest absolute Gasteiger partial charge is 0.259 e. The van der Waals surface area contributed by atoms with Gasteiger partial charge in [-0.3, -0.25) is 4.79 Å². The fourth-order valence-electron chi connectivity index (χ4n) is 1.55. The van der Waals surface area contributed by atoms with Crippen molar-refractivity contribution in [2.75, 3.05) is 11.1 Å². The van der Waals surface area contributed by atoms with Gasteiger partial charge in [-0.25, -0.2) is 13.8 Å². The van der Waals surface area contributed by atoms with Crippen LogP contribution in [-0.2, 0) is 0 Å². The molecule has 0 atom stereocenters. The zero-order chi connectivity index (χ0) is 14.0. The molecule has 6 heteroatoms. The molecule has 1 heterocycles. The predicted molar refractivity (Wildman–Crippen MR) is 67.7 cm³/mol. The third-order valence-corrected chi connectivity index (χ3v) is 2.49. The Hall–Kier alpha value is -2.50. The Morgan fingerprint density at radius 1 is 1.26 bits per heavy atom. The number of rotatable bonds is 2. The quantitative estimate of drug-likeness (QED) is 0.818. The van der Waals surface area contributed by atoms with Gasteiger partial charge >= 0.3 is 0 Å². The fourth-order valence-corrected chi connectivity index (χ4v) is 1.55. The highest BCUT2D eigenvalue weighted by atomic mass is 19.2. The molecule has 2 aromatic rings. The van der Waals surface area contributed by atoms with Crippen LogP contribution in [0.4, 0.5) is 20.3 Å². The third kappa shape index (κ3) is 2.85. The van der Waals surface area contributed by atoms with Gasteiger partial charge in [-0.05, 0) is 30.7 Å². The molecule has 0 spiro atoms. The monoisotopic (exact) mass is 263 g/mol. The van der Waals surface area contributed by atoms with Crippen LogP contribution in [0.15, 0.2) is 30.5 Å². The van der Waals surface area contributed by atoms with Crippen molar-refractivity contribution in [2.24, 2.45) is 0 Å². The van der Waals surface area contributed by atoms with Crippen LogP contribution in [0.5, 0.6) is 0 Å². The molecule has 1 aromatic heterocycles. The van der Waals surface area contributed by atoms with E-state index in [0.29, 0.717) is 5.82 Å². The topological polar surface area (TPSA) is 68.0 Å². The molecule has 0 fully saturated rings. The van der Waals surface area contributed by atoms with E-state index in [1.54, 1.807) is 12.1 Å². The number of anilines is 2. The first kappa shape index (κ1) is 12.9. The van der Waals surface area contributed by atoms with Crippen molar-refractivity contribution in [3.63, 3.8) is 0 Å². The predicted octanol–water partition coefficient (Wildman–Crippen LogP) is 2.50.